The summed E-state index contributed by atoms with van der Waals surface area (Å²) >= 11 is 0. The van der Waals surface area contributed by atoms with Crippen molar-refractivity contribution >= 4 is 5.82 Å². The monoisotopic (exact) mass is 291 g/mol. The molecule has 2 rings (SSSR count). The fourth-order valence-corrected chi connectivity index (χ4v) is 2.92. The zero-order valence-electron chi connectivity index (χ0n) is 14.1. The highest BCUT2D eigenvalue weighted by Gasteiger charge is 2.31. The Hall–Kier alpha value is -1.16. The van der Waals surface area contributed by atoms with E-state index in [0.717, 1.165) is 31.0 Å². The maximum atomic E-state index is 5.96. The van der Waals surface area contributed by atoms with Gasteiger partial charge in [0.05, 0.1) is 0 Å². The molecular formula is C17H29N3O. The second-order valence-electron chi connectivity index (χ2n) is 6.79. The minimum atomic E-state index is -0.0628. The maximum absolute atomic E-state index is 5.96. The number of nitrogens with zero attached hydrogens (tertiary/aromatic N) is 2. The molecule has 118 valence electrons. The molecule has 0 radical (unpaired) electrons. The molecule has 0 saturated carbocycles. The summed E-state index contributed by atoms with van der Waals surface area (Å²) in [6, 6.07) is 0. The Labute approximate surface area is 128 Å². The van der Waals surface area contributed by atoms with E-state index in [1.165, 1.54) is 24.1 Å². The predicted octanol–water partition coefficient (Wildman–Crippen LogP) is 3.91. The number of rotatable bonds is 5. The number of aryl methyl sites for hydroxylation is 1. The number of nitrogens with one attached hydrogen (secondary N) is 1. The minimum Gasteiger partial charge on any atom is -0.370 e. The molecule has 0 aliphatic heterocycles. The van der Waals surface area contributed by atoms with E-state index in [2.05, 4.69) is 33.0 Å². The van der Waals surface area contributed by atoms with E-state index >= 15 is 0 Å². The number of hydrogen-bond acceptors (Lipinski definition) is 4. The average molecular weight is 291 g/mol. The lowest BCUT2D eigenvalue weighted by atomic mass is 9.88. The van der Waals surface area contributed by atoms with Crippen LogP contribution in [0, 0.1) is 5.41 Å². The quantitative estimate of drug-likeness (QED) is 0.893. The smallest absolute Gasteiger partial charge is 0.160 e. The highest BCUT2D eigenvalue weighted by Crippen LogP contribution is 2.36. The zero-order chi connectivity index (χ0) is 15.5. The molecule has 0 amide bonds. The van der Waals surface area contributed by atoms with Gasteiger partial charge in [-0.2, -0.15) is 0 Å². The van der Waals surface area contributed by atoms with Crippen molar-refractivity contribution in [3.8, 4) is 0 Å². The van der Waals surface area contributed by atoms with Crippen LogP contribution in [0.1, 0.15) is 70.6 Å². The molecule has 1 aromatic rings. The van der Waals surface area contributed by atoms with Gasteiger partial charge in [-0.15, -0.1) is 0 Å². The lowest BCUT2D eigenvalue weighted by Gasteiger charge is -2.30. The molecule has 0 bridgehead atoms. The van der Waals surface area contributed by atoms with E-state index < -0.39 is 0 Å². The first-order valence-electron chi connectivity index (χ1n) is 8.22. The van der Waals surface area contributed by atoms with E-state index in [9.17, 15) is 0 Å². The summed E-state index contributed by atoms with van der Waals surface area (Å²) in [5.41, 5.74) is 2.52. The molecule has 1 heterocycles. The summed E-state index contributed by atoms with van der Waals surface area (Å²) in [6.07, 6.45) is 4.55. The van der Waals surface area contributed by atoms with Crippen molar-refractivity contribution in [1.29, 1.82) is 0 Å². The molecule has 1 aromatic heterocycles. The lowest BCUT2D eigenvalue weighted by molar-refractivity contribution is -0.0192. The molecule has 1 unspecified atom stereocenters. The highest BCUT2D eigenvalue weighted by atomic mass is 16.5. The van der Waals surface area contributed by atoms with Crippen LogP contribution in [0.2, 0.25) is 0 Å². The molecule has 0 spiro atoms. The molecule has 21 heavy (non-hydrogen) atoms. The summed E-state index contributed by atoms with van der Waals surface area (Å²) in [5, 5.41) is 3.42. The SMILES string of the molecule is CCNc1nc(C(OCC)C(C)(C)C)nc2c1CCCC2. The van der Waals surface area contributed by atoms with Crippen LogP contribution in [0.5, 0.6) is 0 Å². The van der Waals surface area contributed by atoms with E-state index in [0.29, 0.717) is 6.61 Å². The first-order chi connectivity index (χ1) is 9.97. The molecule has 0 saturated heterocycles. The number of aromatic nitrogens is 2. The third-order valence-corrected chi connectivity index (χ3v) is 3.90. The first-order valence-corrected chi connectivity index (χ1v) is 8.22. The van der Waals surface area contributed by atoms with E-state index in [1.807, 2.05) is 6.92 Å². The summed E-state index contributed by atoms with van der Waals surface area (Å²) in [5.74, 6) is 1.85. The van der Waals surface area contributed by atoms with Crippen LogP contribution in [0.3, 0.4) is 0 Å². The Morgan fingerprint density at radius 2 is 1.86 bits per heavy atom. The van der Waals surface area contributed by atoms with Crippen LogP contribution in [0.4, 0.5) is 5.82 Å². The summed E-state index contributed by atoms with van der Waals surface area (Å²) < 4.78 is 5.96. The van der Waals surface area contributed by atoms with Gasteiger partial charge >= 0.3 is 0 Å². The van der Waals surface area contributed by atoms with Crippen molar-refractivity contribution in [3.05, 3.63) is 17.1 Å². The van der Waals surface area contributed by atoms with Crippen molar-refractivity contribution < 1.29 is 4.74 Å². The average Bonchev–Trinajstić information content (AvgIpc) is 2.43. The van der Waals surface area contributed by atoms with Crippen molar-refractivity contribution in [2.75, 3.05) is 18.5 Å². The number of anilines is 1. The number of hydrogen-bond donors (Lipinski definition) is 1. The third-order valence-electron chi connectivity index (χ3n) is 3.90. The molecule has 1 aliphatic rings. The van der Waals surface area contributed by atoms with Crippen molar-refractivity contribution in [2.24, 2.45) is 5.41 Å². The standard InChI is InChI=1S/C17H29N3O/c1-6-18-15-12-10-8-9-11-13(12)19-16(20-15)14(21-7-2)17(3,4)5/h14H,6-11H2,1-5H3,(H,18,19,20). The van der Waals surface area contributed by atoms with Crippen LogP contribution < -0.4 is 5.32 Å². The topological polar surface area (TPSA) is 47.0 Å². The van der Waals surface area contributed by atoms with Gasteiger partial charge in [0, 0.05) is 24.4 Å². The Morgan fingerprint density at radius 3 is 2.48 bits per heavy atom. The second-order valence-corrected chi connectivity index (χ2v) is 6.79. The molecule has 0 fully saturated rings. The van der Waals surface area contributed by atoms with E-state index in [-0.39, 0.29) is 11.5 Å². The summed E-state index contributed by atoms with van der Waals surface area (Å²) in [4.78, 5) is 9.68. The fraction of sp³-hybridized carbons (Fsp3) is 0.765. The number of fused-ring (bicyclic) bond motifs is 1. The molecule has 4 heteroatoms. The van der Waals surface area contributed by atoms with Gasteiger partial charge in [0.2, 0.25) is 0 Å². The van der Waals surface area contributed by atoms with Gasteiger partial charge in [-0.1, -0.05) is 20.8 Å². The highest BCUT2D eigenvalue weighted by molar-refractivity contribution is 5.48. The van der Waals surface area contributed by atoms with Crippen LogP contribution in [0.15, 0.2) is 0 Å². The zero-order valence-corrected chi connectivity index (χ0v) is 14.1. The molecule has 1 atom stereocenters. The van der Waals surface area contributed by atoms with E-state index in [1.54, 1.807) is 0 Å². The van der Waals surface area contributed by atoms with Crippen molar-refractivity contribution in [2.45, 2.75) is 66.4 Å². The molecule has 4 nitrogen and oxygen atoms in total. The van der Waals surface area contributed by atoms with Gasteiger partial charge in [0.1, 0.15) is 11.9 Å². The lowest BCUT2D eigenvalue weighted by Crippen LogP contribution is -2.25. The van der Waals surface area contributed by atoms with Crippen LogP contribution in [0.25, 0.3) is 0 Å². The molecule has 1 aliphatic carbocycles. The van der Waals surface area contributed by atoms with Gasteiger partial charge in [-0.25, -0.2) is 9.97 Å². The molecular weight excluding hydrogens is 262 g/mol. The van der Waals surface area contributed by atoms with Crippen LogP contribution in [-0.4, -0.2) is 23.1 Å². The van der Waals surface area contributed by atoms with E-state index in [4.69, 9.17) is 14.7 Å². The largest absolute Gasteiger partial charge is 0.370 e. The predicted molar refractivity (Wildman–Crippen MR) is 86.7 cm³/mol. The first kappa shape index (κ1) is 16.2. The van der Waals surface area contributed by atoms with Crippen molar-refractivity contribution in [3.63, 3.8) is 0 Å². The molecule has 1 N–H and O–H groups in total. The van der Waals surface area contributed by atoms with Crippen LogP contribution >= 0.6 is 0 Å². The Kier molecular flexibility index (Phi) is 5.20. The summed E-state index contributed by atoms with van der Waals surface area (Å²) in [7, 11) is 0. The van der Waals surface area contributed by atoms with Gasteiger partial charge < -0.3 is 10.1 Å². The molecule has 0 aromatic carbocycles. The maximum Gasteiger partial charge on any atom is 0.160 e. The summed E-state index contributed by atoms with van der Waals surface area (Å²) in [6.45, 7) is 12.3. The van der Waals surface area contributed by atoms with Crippen molar-refractivity contribution in [1.82, 2.24) is 9.97 Å². The normalized spacial score (nSPS) is 16.4. The second kappa shape index (κ2) is 6.73. The Balaban J connectivity index is 2.45. The third kappa shape index (κ3) is 3.73. The van der Waals surface area contributed by atoms with Gasteiger partial charge in [0.25, 0.3) is 0 Å². The number of ether oxygens (including phenoxy) is 1. The van der Waals surface area contributed by atoms with Gasteiger partial charge in [-0.05, 0) is 44.9 Å². The van der Waals surface area contributed by atoms with Gasteiger partial charge in [-0.3, -0.25) is 0 Å². The Bertz CT molecular complexity index is 480. The van der Waals surface area contributed by atoms with Gasteiger partial charge in [0.15, 0.2) is 5.82 Å². The fourth-order valence-electron chi connectivity index (χ4n) is 2.92. The minimum absolute atomic E-state index is 0.0115. The van der Waals surface area contributed by atoms with Crippen LogP contribution in [-0.2, 0) is 17.6 Å². The Morgan fingerprint density at radius 1 is 1.14 bits per heavy atom.